The van der Waals surface area contributed by atoms with Gasteiger partial charge in [0.1, 0.15) is 6.04 Å². The highest BCUT2D eigenvalue weighted by Crippen LogP contribution is 2.31. The van der Waals surface area contributed by atoms with E-state index in [0.717, 1.165) is 43.5 Å². The van der Waals surface area contributed by atoms with Gasteiger partial charge in [-0.2, -0.15) is 0 Å². The van der Waals surface area contributed by atoms with Crippen molar-refractivity contribution in [1.29, 1.82) is 0 Å². The highest BCUT2D eigenvalue weighted by atomic mass is 79.9. The van der Waals surface area contributed by atoms with Crippen molar-refractivity contribution in [1.82, 2.24) is 5.32 Å². The number of piperazine rings is 1. The molecule has 0 aromatic carbocycles. The monoisotopic (exact) mass is 262 g/mol. The van der Waals surface area contributed by atoms with E-state index in [1.54, 1.807) is 0 Å². The summed E-state index contributed by atoms with van der Waals surface area (Å²) in [5.41, 5.74) is 0. The van der Waals surface area contributed by atoms with Gasteiger partial charge in [-0.15, -0.1) is 0 Å². The van der Waals surface area contributed by atoms with Gasteiger partial charge < -0.3 is 22.3 Å². The molecule has 0 bridgehead atoms. The molecular formula is C10H19BrN2O. The van der Waals surface area contributed by atoms with Crippen molar-refractivity contribution >= 4 is 5.91 Å². The summed E-state index contributed by atoms with van der Waals surface area (Å²) in [7, 11) is 0. The van der Waals surface area contributed by atoms with Crippen molar-refractivity contribution in [3.05, 3.63) is 0 Å². The van der Waals surface area contributed by atoms with E-state index in [4.69, 9.17) is 0 Å². The highest BCUT2D eigenvalue weighted by molar-refractivity contribution is 5.69. The molecule has 0 radical (unpaired) electrons. The van der Waals surface area contributed by atoms with Crippen LogP contribution < -0.4 is 22.3 Å². The molecule has 82 valence electrons. The third-order valence-electron chi connectivity index (χ3n) is 3.59. The van der Waals surface area contributed by atoms with E-state index in [9.17, 15) is 4.79 Å². The topological polar surface area (TPSA) is 29.1 Å². The van der Waals surface area contributed by atoms with E-state index in [-0.39, 0.29) is 17.0 Å². The lowest BCUT2D eigenvalue weighted by Gasteiger charge is -2.52. The van der Waals surface area contributed by atoms with Crippen molar-refractivity contribution in [2.75, 3.05) is 26.2 Å². The zero-order valence-corrected chi connectivity index (χ0v) is 10.3. The number of nitrogens with one attached hydrogen (secondary N) is 1. The molecular weight excluding hydrogens is 244 g/mol. The van der Waals surface area contributed by atoms with Crippen molar-refractivity contribution in [3.63, 3.8) is 0 Å². The first kappa shape index (κ1) is 12.1. The number of nitrogens with zero attached hydrogens (tertiary/aromatic N) is 1. The van der Waals surface area contributed by atoms with Gasteiger partial charge in [-0.05, 0) is 6.42 Å². The largest absolute Gasteiger partial charge is 1.00 e. The minimum absolute atomic E-state index is 0. The minimum Gasteiger partial charge on any atom is -1.00 e. The van der Waals surface area contributed by atoms with Gasteiger partial charge in [-0.3, -0.25) is 4.48 Å². The third kappa shape index (κ3) is 1.75. The minimum atomic E-state index is 0. The molecule has 0 aromatic rings. The van der Waals surface area contributed by atoms with E-state index < -0.39 is 0 Å². The molecule has 2 rings (SSSR count). The summed E-state index contributed by atoms with van der Waals surface area (Å²) in [5, 5.41) is 3.37. The van der Waals surface area contributed by atoms with Crippen LogP contribution in [0.3, 0.4) is 0 Å². The molecule has 2 atom stereocenters. The summed E-state index contributed by atoms with van der Waals surface area (Å²) < 4.78 is 0.806. The SMILES string of the molecule is CCCC(=O)[N+]12CCNCC1CC2.[Br-]. The smallest absolute Gasteiger partial charge is 0.314 e. The molecule has 1 amide bonds. The van der Waals surface area contributed by atoms with Gasteiger partial charge in [0, 0.05) is 13.1 Å². The molecule has 0 aromatic heterocycles. The van der Waals surface area contributed by atoms with Crippen LogP contribution in [0.25, 0.3) is 0 Å². The molecule has 4 heteroatoms. The van der Waals surface area contributed by atoms with Crippen molar-refractivity contribution in [3.8, 4) is 0 Å². The van der Waals surface area contributed by atoms with E-state index >= 15 is 0 Å². The van der Waals surface area contributed by atoms with E-state index in [2.05, 4.69) is 12.2 Å². The number of quaternary nitrogens is 1. The fourth-order valence-electron chi connectivity index (χ4n) is 2.63. The summed E-state index contributed by atoms with van der Waals surface area (Å²) in [6.45, 7) is 6.29. The first-order valence-electron chi connectivity index (χ1n) is 5.40. The zero-order chi connectivity index (χ0) is 9.31. The van der Waals surface area contributed by atoms with E-state index in [1.807, 2.05) is 0 Å². The number of carbonyl (C=O) groups excluding carboxylic acids is 1. The van der Waals surface area contributed by atoms with Gasteiger partial charge in [0.2, 0.25) is 0 Å². The lowest BCUT2D eigenvalue weighted by atomic mass is 9.93. The molecule has 2 aliphatic rings. The van der Waals surface area contributed by atoms with Gasteiger partial charge in [-0.25, -0.2) is 4.79 Å². The van der Waals surface area contributed by atoms with Gasteiger partial charge >= 0.3 is 5.91 Å². The number of amides is 1. The first-order chi connectivity index (χ1) is 6.29. The molecule has 2 aliphatic heterocycles. The van der Waals surface area contributed by atoms with E-state index in [0.29, 0.717) is 11.9 Å². The van der Waals surface area contributed by atoms with Crippen LogP contribution >= 0.6 is 0 Å². The highest BCUT2D eigenvalue weighted by Gasteiger charge is 2.52. The fourth-order valence-corrected chi connectivity index (χ4v) is 2.63. The second-order valence-electron chi connectivity index (χ2n) is 4.27. The molecule has 0 aliphatic carbocycles. The Hall–Kier alpha value is 0.0700. The van der Waals surface area contributed by atoms with Crippen LogP contribution in [-0.4, -0.2) is 42.6 Å². The number of carbonyl (C=O) groups is 1. The molecule has 1 N–H and O–H groups in total. The molecule has 2 saturated heterocycles. The standard InChI is InChI=1S/C10H19N2O.BrH/c1-2-3-10(13)12-6-4-9(12)8-11-5-7-12;/h9,11H,2-8H2,1H3;1H/q+1;/p-1. The van der Waals surface area contributed by atoms with Crippen LogP contribution in [0.2, 0.25) is 0 Å². The van der Waals surface area contributed by atoms with Crippen LogP contribution in [-0.2, 0) is 4.79 Å². The zero-order valence-electron chi connectivity index (χ0n) is 8.76. The van der Waals surface area contributed by atoms with Gasteiger partial charge in [-0.1, -0.05) is 6.92 Å². The quantitative estimate of drug-likeness (QED) is 0.559. The van der Waals surface area contributed by atoms with Gasteiger partial charge in [0.25, 0.3) is 0 Å². The van der Waals surface area contributed by atoms with Gasteiger partial charge in [0.15, 0.2) is 0 Å². The average molecular weight is 263 g/mol. The summed E-state index contributed by atoms with van der Waals surface area (Å²) in [4.78, 5) is 11.9. The first-order valence-corrected chi connectivity index (χ1v) is 5.40. The predicted molar refractivity (Wildman–Crippen MR) is 51.2 cm³/mol. The Morgan fingerprint density at radius 2 is 2.29 bits per heavy atom. The van der Waals surface area contributed by atoms with Crippen LogP contribution in [0.4, 0.5) is 0 Å². The van der Waals surface area contributed by atoms with Crippen LogP contribution in [0, 0.1) is 0 Å². The number of hydrogen-bond acceptors (Lipinski definition) is 2. The van der Waals surface area contributed by atoms with Gasteiger partial charge in [0.05, 0.1) is 25.9 Å². The maximum atomic E-state index is 11.9. The Kier molecular flexibility index (Phi) is 4.10. The summed E-state index contributed by atoms with van der Waals surface area (Å²) in [6, 6.07) is 0.604. The normalized spacial score (nSPS) is 35.1. The maximum Gasteiger partial charge on any atom is 0.314 e. The van der Waals surface area contributed by atoms with Crippen LogP contribution in [0.15, 0.2) is 0 Å². The Morgan fingerprint density at radius 1 is 1.50 bits per heavy atom. The average Bonchev–Trinajstić information content (AvgIpc) is 2.08. The van der Waals surface area contributed by atoms with Crippen LogP contribution in [0.1, 0.15) is 26.2 Å². The Bertz CT molecular complexity index is 222. The fraction of sp³-hybridized carbons (Fsp3) is 0.900. The number of halogens is 1. The molecule has 2 unspecified atom stereocenters. The molecule has 2 fully saturated rings. The molecule has 2 heterocycles. The third-order valence-corrected chi connectivity index (χ3v) is 3.59. The predicted octanol–water partition coefficient (Wildman–Crippen LogP) is -2.49. The van der Waals surface area contributed by atoms with Crippen LogP contribution in [0.5, 0.6) is 0 Å². The van der Waals surface area contributed by atoms with Crippen molar-refractivity contribution in [2.24, 2.45) is 0 Å². The molecule has 3 nitrogen and oxygen atoms in total. The number of fused-ring (bicyclic) bond motifs is 1. The molecule has 0 saturated carbocycles. The summed E-state index contributed by atoms with van der Waals surface area (Å²) in [5.74, 6) is 0.486. The summed E-state index contributed by atoms with van der Waals surface area (Å²) >= 11 is 0. The van der Waals surface area contributed by atoms with E-state index in [1.165, 1.54) is 6.42 Å². The lowest BCUT2D eigenvalue weighted by molar-refractivity contribution is -0.922. The molecule has 0 spiro atoms. The second-order valence-corrected chi connectivity index (χ2v) is 4.27. The van der Waals surface area contributed by atoms with Crippen molar-refractivity contribution < 1.29 is 26.3 Å². The Morgan fingerprint density at radius 3 is 2.79 bits per heavy atom. The second kappa shape index (κ2) is 4.73. The Balaban J connectivity index is 0.000000980. The maximum absolute atomic E-state index is 11.9. The summed E-state index contributed by atoms with van der Waals surface area (Å²) in [6.07, 6.45) is 3.01. The number of hydrogen-bond donors (Lipinski definition) is 1. The van der Waals surface area contributed by atoms with Crippen molar-refractivity contribution in [2.45, 2.75) is 32.2 Å². The molecule has 14 heavy (non-hydrogen) atoms. The Labute approximate surface area is 96.2 Å². The lowest BCUT2D eigenvalue weighted by Crippen LogP contribution is -3.00. The number of rotatable bonds is 2.